The van der Waals surface area contributed by atoms with Gasteiger partial charge in [-0.3, -0.25) is 13.9 Å². The number of sulfonamides is 1. The molecule has 1 N–H and O–H groups in total. The fourth-order valence-electron chi connectivity index (χ4n) is 4.88. The number of methoxy groups -OCH3 is 1. The Kier molecular flexibility index (Phi) is 10.5. The van der Waals surface area contributed by atoms with Crippen LogP contribution in [0.5, 0.6) is 5.75 Å². The highest BCUT2D eigenvalue weighted by Crippen LogP contribution is 2.32. The van der Waals surface area contributed by atoms with E-state index in [9.17, 15) is 31.2 Å². The minimum absolute atomic E-state index is 0.0123. The number of carbonyl (C=O) groups excluding carboxylic acids is 2. The van der Waals surface area contributed by atoms with E-state index in [0.717, 1.165) is 50.5 Å². The third-order valence-corrected chi connectivity index (χ3v) is 8.11. The highest BCUT2D eigenvalue weighted by atomic mass is 32.2. The first-order valence-electron chi connectivity index (χ1n) is 13.2. The maximum absolute atomic E-state index is 13.8. The number of nitrogens with one attached hydrogen (secondary N) is 1. The Morgan fingerprint density at radius 3 is 2.35 bits per heavy atom. The Morgan fingerprint density at radius 2 is 1.75 bits per heavy atom. The topological polar surface area (TPSA) is 96.0 Å². The van der Waals surface area contributed by atoms with E-state index >= 15 is 0 Å². The predicted molar refractivity (Wildman–Crippen MR) is 146 cm³/mol. The van der Waals surface area contributed by atoms with Crippen molar-refractivity contribution >= 4 is 27.5 Å². The summed E-state index contributed by atoms with van der Waals surface area (Å²) in [7, 11) is -2.68. The molecule has 0 bridgehead atoms. The van der Waals surface area contributed by atoms with Crippen LogP contribution in [0, 0.1) is 0 Å². The Labute approximate surface area is 233 Å². The number of alkyl halides is 3. The van der Waals surface area contributed by atoms with E-state index in [1.807, 2.05) is 0 Å². The highest BCUT2D eigenvalue weighted by Gasteiger charge is 2.35. The van der Waals surface area contributed by atoms with E-state index in [-0.39, 0.29) is 30.6 Å². The second-order valence-electron chi connectivity index (χ2n) is 9.96. The van der Waals surface area contributed by atoms with Gasteiger partial charge >= 0.3 is 6.18 Å². The summed E-state index contributed by atoms with van der Waals surface area (Å²) < 4.78 is 71.4. The lowest BCUT2D eigenvalue weighted by Crippen LogP contribution is -2.53. The molecule has 0 saturated heterocycles. The number of benzene rings is 2. The van der Waals surface area contributed by atoms with Gasteiger partial charge in [0.2, 0.25) is 21.8 Å². The first-order chi connectivity index (χ1) is 18.8. The van der Waals surface area contributed by atoms with Crippen LogP contribution in [0.1, 0.15) is 56.6 Å². The van der Waals surface area contributed by atoms with Gasteiger partial charge in [0.25, 0.3) is 0 Å². The lowest BCUT2D eigenvalue weighted by atomic mass is 9.95. The summed E-state index contributed by atoms with van der Waals surface area (Å²) in [5.74, 6) is -0.543. The zero-order valence-corrected chi connectivity index (χ0v) is 23.7. The summed E-state index contributed by atoms with van der Waals surface area (Å²) in [6.45, 7) is 0.933. The third kappa shape index (κ3) is 8.36. The van der Waals surface area contributed by atoms with Gasteiger partial charge in [-0.05, 0) is 55.2 Å². The zero-order valence-electron chi connectivity index (χ0n) is 22.9. The maximum Gasteiger partial charge on any atom is 0.416 e. The van der Waals surface area contributed by atoms with Gasteiger partial charge < -0.3 is 15.0 Å². The average Bonchev–Trinajstić information content (AvgIpc) is 2.91. The van der Waals surface area contributed by atoms with Gasteiger partial charge in [-0.15, -0.1) is 0 Å². The molecule has 40 heavy (non-hydrogen) atoms. The summed E-state index contributed by atoms with van der Waals surface area (Å²) in [4.78, 5) is 28.5. The number of halogens is 3. The zero-order chi connectivity index (χ0) is 29.5. The van der Waals surface area contributed by atoms with Crippen molar-refractivity contribution in [2.45, 2.75) is 70.3 Å². The molecule has 1 aliphatic rings. The summed E-state index contributed by atoms with van der Waals surface area (Å²) in [5, 5.41) is 3.04. The Morgan fingerprint density at radius 1 is 1.07 bits per heavy atom. The number of nitrogens with zero attached hydrogens (tertiary/aromatic N) is 2. The number of ether oxygens (including phenoxy) is 1. The van der Waals surface area contributed by atoms with Gasteiger partial charge in [0.1, 0.15) is 18.3 Å². The monoisotopic (exact) mass is 583 g/mol. The van der Waals surface area contributed by atoms with Gasteiger partial charge in [0.05, 0.1) is 24.6 Å². The van der Waals surface area contributed by atoms with E-state index in [4.69, 9.17) is 4.74 Å². The normalized spacial score (nSPS) is 15.2. The second-order valence-corrected chi connectivity index (χ2v) is 11.9. The van der Waals surface area contributed by atoms with Crippen molar-refractivity contribution in [1.82, 2.24) is 10.2 Å². The van der Waals surface area contributed by atoms with E-state index in [2.05, 4.69) is 5.32 Å². The van der Waals surface area contributed by atoms with Crippen LogP contribution >= 0.6 is 0 Å². The van der Waals surface area contributed by atoms with Crippen LogP contribution in [-0.2, 0) is 32.3 Å². The van der Waals surface area contributed by atoms with Crippen LogP contribution in [0.15, 0.2) is 48.5 Å². The van der Waals surface area contributed by atoms with Crippen LogP contribution in [0.2, 0.25) is 0 Å². The standard InChI is InChI=1S/C28H36F3N3O5S/c1-4-25(27(36)32-22-12-6-5-7-13-22)33(18-20-10-8-15-24(16-20)39-2)26(35)19-34(40(3,37)38)23-14-9-11-21(17-23)28(29,30)31/h8-11,14-17,22,25H,4-7,12-13,18-19H2,1-3H3,(H,32,36). The molecule has 0 radical (unpaired) electrons. The molecule has 3 rings (SSSR count). The predicted octanol–water partition coefficient (Wildman–Crippen LogP) is 4.74. The molecule has 2 aromatic rings. The van der Waals surface area contributed by atoms with Crippen LogP contribution in [0.25, 0.3) is 0 Å². The van der Waals surface area contributed by atoms with Crippen molar-refractivity contribution in [3.63, 3.8) is 0 Å². The molecule has 2 aromatic carbocycles. The molecule has 1 unspecified atom stereocenters. The quantitative estimate of drug-likeness (QED) is 0.413. The largest absolute Gasteiger partial charge is 0.497 e. The molecule has 0 aromatic heterocycles. The Bertz CT molecular complexity index is 1280. The molecule has 0 spiro atoms. The first-order valence-corrected chi connectivity index (χ1v) is 15.1. The first kappa shape index (κ1) is 31.3. The van der Waals surface area contributed by atoms with E-state index in [1.54, 1.807) is 31.2 Å². The molecule has 0 aliphatic heterocycles. The molecule has 2 amide bonds. The summed E-state index contributed by atoms with van der Waals surface area (Å²) in [5.41, 5.74) is -0.703. The lowest BCUT2D eigenvalue weighted by molar-refractivity contribution is -0.140. The van der Waals surface area contributed by atoms with Gasteiger partial charge in [-0.1, -0.05) is 44.4 Å². The number of rotatable bonds is 11. The van der Waals surface area contributed by atoms with Crippen molar-refractivity contribution in [3.8, 4) is 5.75 Å². The highest BCUT2D eigenvalue weighted by molar-refractivity contribution is 7.92. The summed E-state index contributed by atoms with van der Waals surface area (Å²) in [6.07, 6.45) is 1.12. The van der Waals surface area contributed by atoms with Crippen LogP contribution in [-0.4, -0.2) is 57.1 Å². The van der Waals surface area contributed by atoms with Crippen molar-refractivity contribution in [3.05, 3.63) is 59.7 Å². The van der Waals surface area contributed by atoms with Gasteiger partial charge in [0, 0.05) is 12.6 Å². The van der Waals surface area contributed by atoms with Crippen molar-refractivity contribution in [2.75, 3.05) is 24.2 Å². The van der Waals surface area contributed by atoms with Crippen LogP contribution in [0.4, 0.5) is 18.9 Å². The fourth-order valence-corrected chi connectivity index (χ4v) is 5.72. The lowest BCUT2D eigenvalue weighted by Gasteiger charge is -2.34. The minimum Gasteiger partial charge on any atom is -0.497 e. The number of hydrogen-bond donors (Lipinski definition) is 1. The van der Waals surface area contributed by atoms with Crippen LogP contribution < -0.4 is 14.4 Å². The number of hydrogen-bond acceptors (Lipinski definition) is 5. The number of anilines is 1. The Hall–Kier alpha value is -3.28. The van der Waals surface area contributed by atoms with Gasteiger partial charge in [-0.2, -0.15) is 13.2 Å². The third-order valence-electron chi connectivity index (χ3n) is 6.97. The van der Waals surface area contributed by atoms with E-state index < -0.39 is 40.3 Å². The second kappa shape index (κ2) is 13.4. The smallest absolute Gasteiger partial charge is 0.416 e. The molecule has 12 heteroatoms. The number of carbonyl (C=O) groups is 2. The van der Waals surface area contributed by atoms with Crippen molar-refractivity contribution < 1.29 is 35.9 Å². The van der Waals surface area contributed by atoms with E-state index in [0.29, 0.717) is 21.7 Å². The van der Waals surface area contributed by atoms with Crippen molar-refractivity contribution in [2.24, 2.45) is 0 Å². The molecule has 1 aliphatic carbocycles. The molecule has 1 saturated carbocycles. The summed E-state index contributed by atoms with van der Waals surface area (Å²) >= 11 is 0. The average molecular weight is 584 g/mol. The molecule has 8 nitrogen and oxygen atoms in total. The fraction of sp³-hybridized carbons (Fsp3) is 0.500. The van der Waals surface area contributed by atoms with Gasteiger partial charge in [0.15, 0.2) is 0 Å². The SMILES string of the molecule is CCC(C(=O)NC1CCCCC1)N(Cc1cccc(OC)c1)C(=O)CN(c1cccc(C(F)(F)F)c1)S(C)(=O)=O. The Balaban J connectivity index is 1.96. The van der Waals surface area contributed by atoms with Crippen LogP contribution in [0.3, 0.4) is 0 Å². The summed E-state index contributed by atoms with van der Waals surface area (Å²) in [6, 6.07) is 9.75. The molecule has 0 heterocycles. The molecule has 1 fully saturated rings. The molecular formula is C28H36F3N3O5S. The molecule has 220 valence electrons. The van der Waals surface area contributed by atoms with E-state index in [1.165, 1.54) is 18.1 Å². The molecular weight excluding hydrogens is 547 g/mol. The minimum atomic E-state index is -4.70. The number of amides is 2. The maximum atomic E-state index is 13.8. The molecule has 1 atom stereocenters. The van der Waals surface area contributed by atoms with Gasteiger partial charge in [-0.25, -0.2) is 8.42 Å². The van der Waals surface area contributed by atoms with Crippen molar-refractivity contribution in [1.29, 1.82) is 0 Å².